The summed E-state index contributed by atoms with van der Waals surface area (Å²) in [5.74, 6) is 0. The van der Waals surface area contributed by atoms with Crippen LogP contribution in [0.5, 0.6) is 0 Å². The highest BCUT2D eigenvalue weighted by molar-refractivity contribution is 7.15. The summed E-state index contributed by atoms with van der Waals surface area (Å²) in [5, 5.41) is 3.71. The topological polar surface area (TPSA) is 28.2 Å². The maximum absolute atomic E-state index is 12.1. The Kier molecular flexibility index (Phi) is 4.41. The van der Waals surface area contributed by atoms with E-state index in [1.165, 1.54) is 16.2 Å². The molecule has 0 saturated carbocycles. The number of hydrogen-bond donors (Lipinski definition) is 1. The molecule has 0 spiro atoms. The Hall–Kier alpha value is -0.750. The Balaban J connectivity index is 2.66. The first-order valence-electron chi connectivity index (χ1n) is 4.67. The van der Waals surface area contributed by atoms with Crippen LogP contribution in [-0.2, 0) is 0 Å². The Morgan fingerprint density at radius 2 is 2.27 bits per heavy atom. The van der Waals surface area contributed by atoms with Crippen molar-refractivity contribution in [1.82, 2.24) is 10.3 Å². The van der Waals surface area contributed by atoms with E-state index in [9.17, 15) is 8.78 Å². The lowest BCUT2D eigenvalue weighted by Gasteiger charge is -2.14. The third-order valence-electron chi connectivity index (χ3n) is 2.11. The van der Waals surface area contributed by atoms with Crippen molar-refractivity contribution in [3.8, 4) is 0 Å². The maximum Gasteiger partial charge on any atom is 0.255 e. The first kappa shape index (κ1) is 12.3. The van der Waals surface area contributed by atoms with Gasteiger partial charge in [0.1, 0.15) is 0 Å². The van der Waals surface area contributed by atoms with Crippen LogP contribution < -0.4 is 10.2 Å². The molecule has 1 heterocycles. The largest absolute Gasteiger partial charge is 0.345 e. The zero-order valence-corrected chi connectivity index (χ0v) is 9.81. The molecule has 86 valence electrons. The molecule has 0 saturated heterocycles. The first-order chi connectivity index (χ1) is 7.04. The highest BCUT2D eigenvalue weighted by Gasteiger charge is 2.13. The molecular formula is C9H15F2N3S. The van der Waals surface area contributed by atoms with Gasteiger partial charge in [-0.2, -0.15) is 0 Å². The van der Waals surface area contributed by atoms with E-state index in [1.807, 2.05) is 14.0 Å². The molecule has 15 heavy (non-hydrogen) atoms. The lowest BCUT2D eigenvalue weighted by atomic mass is 10.3. The number of rotatable bonds is 5. The fraction of sp³-hybridized carbons (Fsp3) is 0.667. The highest BCUT2D eigenvalue weighted by Crippen LogP contribution is 2.26. The normalized spacial score (nSPS) is 13.2. The molecule has 0 amide bonds. The smallest absolute Gasteiger partial charge is 0.255 e. The summed E-state index contributed by atoms with van der Waals surface area (Å²) in [6.45, 7) is 1.73. The van der Waals surface area contributed by atoms with Crippen LogP contribution in [0.4, 0.5) is 13.9 Å². The molecule has 6 heteroatoms. The lowest BCUT2D eigenvalue weighted by molar-refractivity contribution is 0.156. The van der Waals surface area contributed by atoms with E-state index in [4.69, 9.17) is 0 Å². The van der Waals surface area contributed by atoms with Crippen molar-refractivity contribution < 1.29 is 8.78 Å². The van der Waals surface area contributed by atoms with Gasteiger partial charge in [-0.15, -0.1) is 11.3 Å². The number of alkyl halides is 2. The molecule has 0 aromatic carbocycles. The molecule has 3 nitrogen and oxygen atoms in total. The lowest BCUT2D eigenvalue weighted by Crippen LogP contribution is -2.23. The molecule has 1 rings (SSSR count). The van der Waals surface area contributed by atoms with E-state index >= 15 is 0 Å². The van der Waals surface area contributed by atoms with Crippen molar-refractivity contribution >= 4 is 16.5 Å². The number of nitrogens with zero attached hydrogens (tertiary/aromatic N) is 2. The molecule has 1 unspecified atom stereocenters. The Morgan fingerprint density at radius 3 is 2.80 bits per heavy atom. The van der Waals surface area contributed by atoms with E-state index in [0.717, 1.165) is 4.88 Å². The van der Waals surface area contributed by atoms with Crippen molar-refractivity contribution in [1.29, 1.82) is 0 Å². The van der Waals surface area contributed by atoms with Crippen LogP contribution in [-0.4, -0.2) is 32.0 Å². The predicted octanol–water partition coefficient (Wildman–Crippen LogP) is 2.12. The number of hydrogen-bond acceptors (Lipinski definition) is 4. The van der Waals surface area contributed by atoms with Crippen LogP contribution in [0.25, 0.3) is 0 Å². The molecule has 1 aromatic rings. The summed E-state index contributed by atoms with van der Waals surface area (Å²) in [7, 11) is 3.48. The summed E-state index contributed by atoms with van der Waals surface area (Å²) in [4.78, 5) is 6.63. The molecule has 0 aliphatic heterocycles. The first-order valence-corrected chi connectivity index (χ1v) is 5.48. The predicted molar refractivity (Wildman–Crippen MR) is 58.9 cm³/mol. The Morgan fingerprint density at radius 1 is 1.60 bits per heavy atom. The van der Waals surface area contributed by atoms with Gasteiger partial charge >= 0.3 is 0 Å². The van der Waals surface area contributed by atoms with Gasteiger partial charge in [0.15, 0.2) is 5.13 Å². The van der Waals surface area contributed by atoms with Gasteiger partial charge in [-0.05, 0) is 14.0 Å². The van der Waals surface area contributed by atoms with E-state index < -0.39 is 6.43 Å². The molecule has 1 aromatic heterocycles. The van der Waals surface area contributed by atoms with E-state index in [2.05, 4.69) is 10.3 Å². The maximum atomic E-state index is 12.1. The van der Waals surface area contributed by atoms with Gasteiger partial charge in [-0.25, -0.2) is 13.8 Å². The summed E-state index contributed by atoms with van der Waals surface area (Å²) in [5.41, 5.74) is 0. The fourth-order valence-corrected chi connectivity index (χ4v) is 2.03. The molecule has 1 atom stereocenters. The molecule has 1 N–H and O–H groups in total. The van der Waals surface area contributed by atoms with Gasteiger partial charge in [0, 0.05) is 24.2 Å². The van der Waals surface area contributed by atoms with Crippen LogP contribution in [0.3, 0.4) is 0 Å². The molecule has 0 radical (unpaired) electrons. The number of aromatic nitrogens is 1. The Bertz CT molecular complexity index is 303. The number of nitrogens with one attached hydrogen (secondary N) is 1. The molecule has 0 bridgehead atoms. The number of anilines is 1. The Labute approximate surface area is 92.1 Å². The number of halogens is 2. The minimum atomic E-state index is -2.33. The van der Waals surface area contributed by atoms with Gasteiger partial charge in [0.2, 0.25) is 0 Å². The van der Waals surface area contributed by atoms with Crippen LogP contribution in [0.15, 0.2) is 6.20 Å². The summed E-state index contributed by atoms with van der Waals surface area (Å²) < 4.78 is 24.3. The summed E-state index contributed by atoms with van der Waals surface area (Å²) >= 11 is 1.43. The molecule has 0 fully saturated rings. The molecular weight excluding hydrogens is 220 g/mol. The zero-order chi connectivity index (χ0) is 11.4. The van der Waals surface area contributed by atoms with E-state index in [1.54, 1.807) is 13.2 Å². The van der Waals surface area contributed by atoms with Crippen LogP contribution >= 0.6 is 11.3 Å². The van der Waals surface area contributed by atoms with Crippen molar-refractivity contribution in [2.75, 3.05) is 25.5 Å². The average molecular weight is 235 g/mol. The third kappa shape index (κ3) is 3.39. The average Bonchev–Trinajstić information content (AvgIpc) is 2.64. The minimum Gasteiger partial charge on any atom is -0.345 e. The number of thiazole rings is 1. The second-order valence-electron chi connectivity index (χ2n) is 3.33. The van der Waals surface area contributed by atoms with Crippen LogP contribution in [0.2, 0.25) is 0 Å². The van der Waals surface area contributed by atoms with E-state index in [0.29, 0.717) is 5.13 Å². The van der Waals surface area contributed by atoms with Crippen LogP contribution in [0.1, 0.15) is 17.8 Å². The molecule has 0 aliphatic rings. The van der Waals surface area contributed by atoms with Gasteiger partial charge in [0.05, 0.1) is 6.54 Å². The van der Waals surface area contributed by atoms with Gasteiger partial charge < -0.3 is 10.2 Å². The monoisotopic (exact) mass is 235 g/mol. The van der Waals surface area contributed by atoms with Gasteiger partial charge in [-0.3, -0.25) is 0 Å². The standard InChI is InChI=1S/C9H15F2N3S/c1-6(12-2)7-4-13-9(15-7)14(3)5-8(10)11/h4,6,8,12H,5H2,1-3H3. The van der Waals surface area contributed by atoms with Crippen molar-refractivity contribution in [2.45, 2.75) is 19.4 Å². The van der Waals surface area contributed by atoms with E-state index in [-0.39, 0.29) is 12.6 Å². The third-order valence-corrected chi connectivity index (χ3v) is 3.40. The van der Waals surface area contributed by atoms with Gasteiger partial charge in [-0.1, -0.05) is 0 Å². The highest BCUT2D eigenvalue weighted by atomic mass is 32.1. The quantitative estimate of drug-likeness (QED) is 0.847. The SMILES string of the molecule is CNC(C)c1cnc(N(C)CC(F)F)s1. The summed E-state index contributed by atoms with van der Waals surface area (Å²) in [6, 6.07) is 0.205. The fourth-order valence-electron chi connectivity index (χ4n) is 1.08. The molecule has 0 aliphatic carbocycles. The second-order valence-corrected chi connectivity index (χ2v) is 4.37. The van der Waals surface area contributed by atoms with Crippen molar-refractivity contribution in [3.63, 3.8) is 0 Å². The van der Waals surface area contributed by atoms with Crippen LogP contribution in [0, 0.1) is 0 Å². The van der Waals surface area contributed by atoms with Gasteiger partial charge in [0.25, 0.3) is 6.43 Å². The minimum absolute atomic E-state index is 0.205. The second kappa shape index (κ2) is 5.37. The zero-order valence-electron chi connectivity index (χ0n) is 9.00. The van der Waals surface area contributed by atoms with Crippen molar-refractivity contribution in [2.24, 2.45) is 0 Å². The van der Waals surface area contributed by atoms with Crippen molar-refractivity contribution in [3.05, 3.63) is 11.1 Å². The summed E-state index contributed by atoms with van der Waals surface area (Å²) in [6.07, 6.45) is -0.604.